The van der Waals surface area contributed by atoms with Crippen LogP contribution in [-0.2, 0) is 21.4 Å². The summed E-state index contributed by atoms with van der Waals surface area (Å²) in [6, 6.07) is 13.6. The first-order valence-electron chi connectivity index (χ1n) is 10.2. The third-order valence-electron chi connectivity index (χ3n) is 5.24. The highest BCUT2D eigenvalue weighted by Gasteiger charge is 2.25. The fourth-order valence-electron chi connectivity index (χ4n) is 3.32. The zero-order valence-corrected chi connectivity index (χ0v) is 18.2. The first-order chi connectivity index (χ1) is 14.4. The van der Waals surface area contributed by atoms with Crippen molar-refractivity contribution in [2.24, 2.45) is 0 Å². The minimum absolute atomic E-state index is 0.185. The summed E-state index contributed by atoms with van der Waals surface area (Å²) in [7, 11) is -1.85. The van der Waals surface area contributed by atoms with Crippen LogP contribution in [0.2, 0.25) is 0 Å². The lowest BCUT2D eigenvalue weighted by molar-refractivity contribution is -0.117. The van der Waals surface area contributed by atoms with Gasteiger partial charge in [-0.2, -0.15) is 4.31 Å². The van der Waals surface area contributed by atoms with Crippen molar-refractivity contribution in [2.45, 2.75) is 43.7 Å². The van der Waals surface area contributed by atoms with Crippen molar-refractivity contribution in [3.8, 4) is 5.75 Å². The third kappa shape index (κ3) is 5.59. The summed E-state index contributed by atoms with van der Waals surface area (Å²) in [5.41, 5.74) is 1.61. The minimum atomic E-state index is -3.47. The second-order valence-electron chi connectivity index (χ2n) is 7.43. The van der Waals surface area contributed by atoms with Crippen molar-refractivity contribution in [3.63, 3.8) is 0 Å². The fraction of sp³-hybridized carbons (Fsp3) is 0.409. The van der Waals surface area contributed by atoms with E-state index in [2.05, 4.69) is 10.6 Å². The lowest BCUT2D eigenvalue weighted by Gasteiger charge is -2.25. The van der Waals surface area contributed by atoms with E-state index < -0.39 is 16.1 Å². The fourth-order valence-corrected chi connectivity index (χ4v) is 4.84. The average Bonchev–Trinajstić information content (AvgIpc) is 2.78. The Balaban J connectivity index is 1.54. The summed E-state index contributed by atoms with van der Waals surface area (Å²) in [4.78, 5) is 12.7. The standard InChI is InChI=1S/C22H29N3O4S/c1-17(23-16-18-6-10-20(29-2)11-7-18)22(26)24-19-8-12-21(13-9-19)30(27,28)25-14-4-3-5-15-25/h6-13,17,23H,3-5,14-16H2,1-2H3,(H,24,26). The van der Waals surface area contributed by atoms with E-state index in [0.717, 1.165) is 30.6 Å². The van der Waals surface area contributed by atoms with E-state index in [4.69, 9.17) is 4.74 Å². The lowest BCUT2D eigenvalue weighted by Crippen LogP contribution is -2.37. The van der Waals surface area contributed by atoms with Gasteiger partial charge in [-0.3, -0.25) is 4.79 Å². The number of sulfonamides is 1. The number of hydrogen-bond donors (Lipinski definition) is 2. The summed E-state index contributed by atoms with van der Waals surface area (Å²) in [6.45, 7) is 3.47. The number of rotatable bonds is 8. The van der Waals surface area contributed by atoms with Crippen molar-refractivity contribution < 1.29 is 17.9 Å². The number of anilines is 1. The number of nitrogens with zero attached hydrogens (tertiary/aromatic N) is 1. The number of hydrogen-bond acceptors (Lipinski definition) is 5. The number of carbonyl (C=O) groups excluding carboxylic acids is 1. The lowest BCUT2D eigenvalue weighted by atomic mass is 10.2. The molecule has 0 aromatic heterocycles. The van der Waals surface area contributed by atoms with Crippen LogP contribution in [0.5, 0.6) is 5.75 Å². The van der Waals surface area contributed by atoms with Gasteiger partial charge in [-0.25, -0.2) is 8.42 Å². The van der Waals surface area contributed by atoms with Gasteiger partial charge in [-0.05, 0) is 61.7 Å². The zero-order chi connectivity index (χ0) is 21.6. The van der Waals surface area contributed by atoms with Crippen molar-refractivity contribution in [1.29, 1.82) is 0 Å². The molecule has 2 aromatic rings. The van der Waals surface area contributed by atoms with E-state index in [-0.39, 0.29) is 10.8 Å². The third-order valence-corrected chi connectivity index (χ3v) is 7.15. The number of ether oxygens (including phenoxy) is 1. The molecule has 0 saturated carbocycles. The summed E-state index contributed by atoms with van der Waals surface area (Å²) in [6.07, 6.45) is 2.87. The molecule has 1 amide bonds. The molecule has 1 aliphatic heterocycles. The summed E-state index contributed by atoms with van der Waals surface area (Å²) in [5, 5.41) is 6.00. The molecule has 0 bridgehead atoms. The largest absolute Gasteiger partial charge is 0.497 e. The molecule has 162 valence electrons. The summed E-state index contributed by atoms with van der Waals surface area (Å²) < 4.78 is 32.1. The maximum atomic E-state index is 12.7. The molecule has 0 spiro atoms. The van der Waals surface area contributed by atoms with Crippen LogP contribution in [0.4, 0.5) is 5.69 Å². The Hall–Kier alpha value is -2.42. The van der Waals surface area contributed by atoms with Crippen molar-refractivity contribution in [3.05, 3.63) is 54.1 Å². The Labute approximate surface area is 178 Å². The number of nitrogens with one attached hydrogen (secondary N) is 2. The van der Waals surface area contributed by atoms with Gasteiger partial charge in [0.1, 0.15) is 5.75 Å². The normalized spacial score (nSPS) is 16.1. The molecule has 2 aromatic carbocycles. The van der Waals surface area contributed by atoms with Gasteiger partial charge in [-0.1, -0.05) is 18.6 Å². The van der Waals surface area contributed by atoms with E-state index in [1.807, 2.05) is 24.3 Å². The Morgan fingerprint density at radius 2 is 1.67 bits per heavy atom. The van der Waals surface area contributed by atoms with E-state index in [0.29, 0.717) is 25.3 Å². The zero-order valence-electron chi connectivity index (χ0n) is 17.4. The molecule has 7 nitrogen and oxygen atoms in total. The molecule has 1 atom stereocenters. The van der Waals surface area contributed by atoms with Crippen LogP contribution in [0, 0.1) is 0 Å². The van der Waals surface area contributed by atoms with Crippen LogP contribution in [0.3, 0.4) is 0 Å². The molecule has 1 fully saturated rings. The highest BCUT2D eigenvalue weighted by atomic mass is 32.2. The number of amides is 1. The van der Waals surface area contributed by atoms with Crippen molar-refractivity contribution in [1.82, 2.24) is 9.62 Å². The molecule has 30 heavy (non-hydrogen) atoms. The number of benzene rings is 2. The molecule has 1 aliphatic rings. The Bertz CT molecular complexity index is 937. The van der Waals surface area contributed by atoms with Crippen LogP contribution in [0.1, 0.15) is 31.7 Å². The predicted molar refractivity (Wildman–Crippen MR) is 117 cm³/mol. The van der Waals surface area contributed by atoms with Gasteiger partial charge in [-0.15, -0.1) is 0 Å². The van der Waals surface area contributed by atoms with Gasteiger partial charge in [0.15, 0.2) is 0 Å². The monoisotopic (exact) mass is 431 g/mol. The van der Waals surface area contributed by atoms with Crippen LogP contribution >= 0.6 is 0 Å². The maximum Gasteiger partial charge on any atom is 0.243 e. The minimum Gasteiger partial charge on any atom is -0.497 e. The molecule has 1 heterocycles. The van der Waals surface area contributed by atoms with Crippen LogP contribution in [0.15, 0.2) is 53.4 Å². The van der Waals surface area contributed by atoms with E-state index in [9.17, 15) is 13.2 Å². The summed E-state index contributed by atoms with van der Waals surface area (Å²) in [5.74, 6) is 0.602. The van der Waals surface area contributed by atoms with Gasteiger partial charge in [0, 0.05) is 25.3 Å². The van der Waals surface area contributed by atoms with Crippen LogP contribution in [-0.4, -0.2) is 44.9 Å². The molecule has 1 unspecified atom stereocenters. The Morgan fingerprint density at radius 3 is 2.27 bits per heavy atom. The average molecular weight is 432 g/mol. The number of carbonyl (C=O) groups is 1. The maximum absolute atomic E-state index is 12.7. The van der Waals surface area contributed by atoms with Gasteiger partial charge >= 0.3 is 0 Å². The Kier molecular flexibility index (Phi) is 7.47. The van der Waals surface area contributed by atoms with Gasteiger partial charge in [0.2, 0.25) is 15.9 Å². The van der Waals surface area contributed by atoms with Gasteiger partial charge < -0.3 is 15.4 Å². The van der Waals surface area contributed by atoms with E-state index in [1.165, 1.54) is 4.31 Å². The van der Waals surface area contributed by atoms with Gasteiger partial charge in [0.25, 0.3) is 0 Å². The first kappa shape index (κ1) is 22.3. The molecule has 0 radical (unpaired) electrons. The molecule has 0 aliphatic carbocycles. The number of piperidine rings is 1. The van der Waals surface area contributed by atoms with Gasteiger partial charge in [0.05, 0.1) is 18.0 Å². The first-order valence-corrected chi connectivity index (χ1v) is 11.6. The van der Waals surface area contributed by atoms with Crippen molar-refractivity contribution >= 4 is 21.6 Å². The van der Waals surface area contributed by atoms with E-state index in [1.54, 1.807) is 38.3 Å². The molecule has 8 heteroatoms. The van der Waals surface area contributed by atoms with Crippen molar-refractivity contribution in [2.75, 3.05) is 25.5 Å². The summed E-state index contributed by atoms with van der Waals surface area (Å²) >= 11 is 0. The molecule has 1 saturated heterocycles. The quantitative estimate of drug-likeness (QED) is 0.671. The molecule has 3 rings (SSSR count). The molecule has 2 N–H and O–H groups in total. The van der Waals surface area contributed by atoms with Crippen LogP contribution < -0.4 is 15.4 Å². The number of methoxy groups -OCH3 is 1. The SMILES string of the molecule is COc1ccc(CNC(C)C(=O)Nc2ccc(S(=O)(=O)N3CCCCC3)cc2)cc1. The molecular formula is C22H29N3O4S. The highest BCUT2D eigenvalue weighted by Crippen LogP contribution is 2.22. The predicted octanol–water partition coefficient (Wildman–Crippen LogP) is 2.99. The smallest absolute Gasteiger partial charge is 0.243 e. The Morgan fingerprint density at radius 1 is 1.03 bits per heavy atom. The van der Waals surface area contributed by atoms with Crippen LogP contribution in [0.25, 0.3) is 0 Å². The second-order valence-corrected chi connectivity index (χ2v) is 9.37. The van der Waals surface area contributed by atoms with E-state index >= 15 is 0 Å². The highest BCUT2D eigenvalue weighted by molar-refractivity contribution is 7.89. The topological polar surface area (TPSA) is 87.7 Å². The molecular weight excluding hydrogens is 402 g/mol. The second kappa shape index (κ2) is 10.1.